The van der Waals surface area contributed by atoms with Gasteiger partial charge in [-0.15, -0.1) is 0 Å². The summed E-state index contributed by atoms with van der Waals surface area (Å²) in [5.74, 6) is -2.35. The first-order valence-corrected chi connectivity index (χ1v) is 6.45. The zero-order valence-corrected chi connectivity index (χ0v) is 11.4. The number of hydrogen-bond acceptors (Lipinski definition) is 3. The molecule has 1 aromatic carbocycles. The van der Waals surface area contributed by atoms with Gasteiger partial charge in [0.05, 0.1) is 7.11 Å². The van der Waals surface area contributed by atoms with Gasteiger partial charge in [0.25, 0.3) is 0 Å². The van der Waals surface area contributed by atoms with Crippen molar-refractivity contribution in [3.05, 3.63) is 29.8 Å². The smallest absolute Gasteiger partial charge is 0.406 e. The summed E-state index contributed by atoms with van der Waals surface area (Å²) in [6.45, 7) is -0.580. The summed E-state index contributed by atoms with van der Waals surface area (Å²) in [4.78, 5) is 11.3. The Labute approximate surface area is 119 Å². The fourth-order valence-corrected chi connectivity index (χ4v) is 2.80. The quantitative estimate of drug-likeness (QED) is 0.894. The first-order chi connectivity index (χ1) is 9.81. The van der Waals surface area contributed by atoms with Crippen LogP contribution in [-0.4, -0.2) is 37.5 Å². The normalized spacial score (nSPS) is 25.8. The Morgan fingerprint density at radius 1 is 1.52 bits per heavy atom. The van der Waals surface area contributed by atoms with Gasteiger partial charge >= 0.3 is 12.1 Å². The fraction of sp³-hybridized carbons (Fsp3) is 0.500. The van der Waals surface area contributed by atoms with E-state index in [1.807, 2.05) is 0 Å². The molecule has 4 nitrogen and oxygen atoms in total. The van der Waals surface area contributed by atoms with E-state index in [9.17, 15) is 18.0 Å². The highest BCUT2D eigenvalue weighted by Crippen LogP contribution is 2.47. The van der Waals surface area contributed by atoms with Crippen LogP contribution in [0.2, 0.25) is 0 Å². The Balaban J connectivity index is 2.31. The number of halogens is 3. The average molecular weight is 303 g/mol. The molecule has 21 heavy (non-hydrogen) atoms. The van der Waals surface area contributed by atoms with E-state index >= 15 is 0 Å². The predicted molar refractivity (Wildman–Crippen MR) is 69.2 cm³/mol. The number of nitrogens with one attached hydrogen (secondary N) is 1. The number of benzene rings is 1. The van der Waals surface area contributed by atoms with E-state index in [4.69, 9.17) is 9.84 Å². The van der Waals surface area contributed by atoms with E-state index < -0.39 is 30.0 Å². The van der Waals surface area contributed by atoms with Crippen LogP contribution in [0.5, 0.6) is 5.75 Å². The molecule has 0 spiro atoms. The van der Waals surface area contributed by atoms with Gasteiger partial charge in [-0.1, -0.05) is 12.1 Å². The van der Waals surface area contributed by atoms with Crippen LogP contribution in [0.3, 0.4) is 0 Å². The van der Waals surface area contributed by atoms with Gasteiger partial charge in [0.1, 0.15) is 5.75 Å². The van der Waals surface area contributed by atoms with Gasteiger partial charge in [-0.05, 0) is 30.7 Å². The lowest BCUT2D eigenvalue weighted by molar-refractivity contribution is -0.236. The highest BCUT2D eigenvalue weighted by Gasteiger charge is 2.66. The van der Waals surface area contributed by atoms with Crippen molar-refractivity contribution in [1.82, 2.24) is 5.32 Å². The number of ether oxygens (including phenoxy) is 1. The monoisotopic (exact) mass is 303 g/mol. The summed E-state index contributed by atoms with van der Waals surface area (Å²) < 4.78 is 45.0. The lowest BCUT2D eigenvalue weighted by Gasteiger charge is -2.32. The summed E-state index contributed by atoms with van der Waals surface area (Å²) >= 11 is 0. The van der Waals surface area contributed by atoms with Crippen LogP contribution >= 0.6 is 0 Å². The number of carbonyl (C=O) groups is 1. The highest BCUT2D eigenvalue weighted by molar-refractivity contribution is 5.77. The second-order valence-electron chi connectivity index (χ2n) is 5.16. The van der Waals surface area contributed by atoms with E-state index in [0.29, 0.717) is 11.3 Å². The Kier molecular flexibility index (Phi) is 4.13. The third kappa shape index (κ3) is 2.70. The summed E-state index contributed by atoms with van der Waals surface area (Å²) in [5, 5.41) is 11.7. The van der Waals surface area contributed by atoms with Crippen molar-refractivity contribution in [3.8, 4) is 5.75 Å². The largest absolute Gasteiger partial charge is 0.497 e. The maximum atomic E-state index is 13.3. The van der Waals surface area contributed by atoms with Gasteiger partial charge in [0, 0.05) is 12.5 Å². The number of alkyl halides is 3. The zero-order chi connectivity index (χ0) is 15.7. The Morgan fingerprint density at radius 2 is 2.24 bits per heavy atom. The van der Waals surface area contributed by atoms with Crippen LogP contribution in [0.15, 0.2) is 24.3 Å². The van der Waals surface area contributed by atoms with Crippen molar-refractivity contribution in [2.45, 2.75) is 12.6 Å². The molecule has 7 heteroatoms. The van der Waals surface area contributed by atoms with Crippen LogP contribution in [-0.2, 0) is 11.2 Å². The molecule has 1 aromatic rings. The Hall–Kier alpha value is -1.76. The topological polar surface area (TPSA) is 58.6 Å². The van der Waals surface area contributed by atoms with Gasteiger partial charge in [-0.2, -0.15) is 13.2 Å². The molecule has 2 atom stereocenters. The van der Waals surface area contributed by atoms with Gasteiger partial charge < -0.3 is 15.2 Å². The molecular weight excluding hydrogens is 287 g/mol. The van der Waals surface area contributed by atoms with Gasteiger partial charge in [0.15, 0.2) is 5.41 Å². The molecule has 1 saturated heterocycles. The molecule has 0 radical (unpaired) electrons. The average Bonchev–Trinajstić information content (AvgIpc) is 2.83. The van der Waals surface area contributed by atoms with Crippen molar-refractivity contribution in [3.63, 3.8) is 0 Å². The maximum absolute atomic E-state index is 13.3. The molecule has 0 saturated carbocycles. The molecule has 1 fully saturated rings. The number of methoxy groups -OCH3 is 1. The molecule has 1 aliphatic heterocycles. The number of carboxylic acid groups (broad SMARTS) is 1. The van der Waals surface area contributed by atoms with Crippen molar-refractivity contribution in [1.29, 1.82) is 0 Å². The second kappa shape index (κ2) is 5.55. The van der Waals surface area contributed by atoms with Crippen molar-refractivity contribution < 1.29 is 27.8 Å². The van der Waals surface area contributed by atoms with E-state index in [1.165, 1.54) is 7.11 Å². The van der Waals surface area contributed by atoms with Gasteiger partial charge in [-0.25, -0.2) is 0 Å². The van der Waals surface area contributed by atoms with Crippen LogP contribution < -0.4 is 10.1 Å². The Morgan fingerprint density at radius 3 is 2.81 bits per heavy atom. The van der Waals surface area contributed by atoms with E-state index in [2.05, 4.69) is 5.32 Å². The Bertz CT molecular complexity index is 532. The van der Waals surface area contributed by atoms with Crippen molar-refractivity contribution >= 4 is 5.97 Å². The fourth-order valence-electron chi connectivity index (χ4n) is 2.80. The molecule has 2 N–H and O–H groups in total. The van der Waals surface area contributed by atoms with Crippen LogP contribution in [0.25, 0.3) is 0 Å². The minimum Gasteiger partial charge on any atom is -0.497 e. The van der Waals surface area contributed by atoms with Crippen LogP contribution in [0.1, 0.15) is 5.56 Å². The van der Waals surface area contributed by atoms with Gasteiger partial charge in [0.2, 0.25) is 0 Å². The molecule has 0 aromatic heterocycles. The molecule has 0 bridgehead atoms. The lowest BCUT2D eigenvalue weighted by Crippen LogP contribution is -2.51. The number of aliphatic carboxylic acids is 1. The summed E-state index contributed by atoms with van der Waals surface area (Å²) in [7, 11) is 1.47. The minimum absolute atomic E-state index is 0.0169. The zero-order valence-electron chi connectivity index (χ0n) is 11.4. The van der Waals surface area contributed by atoms with Crippen LogP contribution in [0, 0.1) is 11.3 Å². The van der Waals surface area contributed by atoms with Gasteiger partial charge in [-0.3, -0.25) is 4.79 Å². The van der Waals surface area contributed by atoms with Crippen molar-refractivity contribution in [2.75, 3.05) is 20.2 Å². The highest BCUT2D eigenvalue weighted by atomic mass is 19.4. The molecular formula is C14H16F3NO3. The minimum atomic E-state index is -4.80. The van der Waals surface area contributed by atoms with E-state index in [1.54, 1.807) is 24.3 Å². The number of hydrogen-bond donors (Lipinski definition) is 2. The predicted octanol–water partition coefficient (Wildman–Crippen LogP) is 2.09. The van der Waals surface area contributed by atoms with E-state index in [-0.39, 0.29) is 13.0 Å². The third-order valence-corrected chi connectivity index (χ3v) is 4.00. The summed E-state index contributed by atoms with van der Waals surface area (Å²) in [6.07, 6.45) is -4.78. The number of carboxylic acids is 1. The first-order valence-electron chi connectivity index (χ1n) is 6.45. The maximum Gasteiger partial charge on any atom is 0.406 e. The summed E-state index contributed by atoms with van der Waals surface area (Å²) in [5.41, 5.74) is -2.12. The SMILES string of the molecule is COc1cccc(CC2CNCC2(C(=O)O)C(F)(F)F)c1. The third-order valence-electron chi connectivity index (χ3n) is 4.00. The molecule has 1 aliphatic rings. The van der Waals surface area contributed by atoms with Crippen LogP contribution in [0.4, 0.5) is 13.2 Å². The molecule has 2 rings (SSSR count). The molecule has 116 valence electrons. The van der Waals surface area contributed by atoms with Crippen molar-refractivity contribution in [2.24, 2.45) is 11.3 Å². The standard InChI is InChI=1S/C14H16F3NO3/c1-21-11-4-2-3-9(6-11)5-10-7-18-8-13(10,12(19)20)14(15,16)17/h2-4,6,10,18H,5,7-8H2,1H3,(H,19,20). The first kappa shape index (κ1) is 15.6. The molecule has 2 unspecified atom stereocenters. The molecule has 0 amide bonds. The number of rotatable bonds is 4. The second-order valence-corrected chi connectivity index (χ2v) is 5.16. The molecule has 0 aliphatic carbocycles. The molecule has 1 heterocycles. The van der Waals surface area contributed by atoms with E-state index in [0.717, 1.165) is 0 Å². The summed E-state index contributed by atoms with van der Waals surface area (Å²) in [6, 6.07) is 6.66. The lowest BCUT2D eigenvalue weighted by atomic mass is 9.74.